The molecule has 0 bridgehead atoms. The summed E-state index contributed by atoms with van der Waals surface area (Å²) in [4.78, 5) is 48.5. The summed E-state index contributed by atoms with van der Waals surface area (Å²) in [5.41, 5.74) is 1.46. The standard InChI is InChI=1S/C28H33N5O4/c1-5-18-15-22(17-30-24(18)32-27(36)37-28(2,3)4)31-25(34)26(35)33-13-7-6-8-23(33)20-9-10-21-16-29-12-11-19(21)14-20/h9-12,14-17,23H,5-8,13H2,1-4H3,(H,31,34)(H,30,32,36)/t23-/m0/s1. The van der Waals surface area contributed by atoms with Crippen LogP contribution in [0.4, 0.5) is 16.3 Å². The van der Waals surface area contributed by atoms with Crippen LogP contribution in [0, 0.1) is 0 Å². The molecule has 9 heteroatoms. The Balaban J connectivity index is 1.47. The molecular formula is C28H33N5O4. The summed E-state index contributed by atoms with van der Waals surface area (Å²) in [6, 6.07) is 9.55. The van der Waals surface area contributed by atoms with E-state index in [4.69, 9.17) is 4.74 Å². The molecule has 0 unspecified atom stereocenters. The van der Waals surface area contributed by atoms with Gasteiger partial charge in [0.05, 0.1) is 17.9 Å². The van der Waals surface area contributed by atoms with Gasteiger partial charge in [-0.15, -0.1) is 0 Å². The van der Waals surface area contributed by atoms with Crippen LogP contribution in [0.25, 0.3) is 10.8 Å². The Labute approximate surface area is 216 Å². The van der Waals surface area contributed by atoms with E-state index in [0.717, 1.165) is 35.6 Å². The second kappa shape index (κ2) is 10.9. The number of carbonyl (C=O) groups is 3. The first-order valence-corrected chi connectivity index (χ1v) is 12.6. The van der Waals surface area contributed by atoms with Gasteiger partial charge in [0.25, 0.3) is 0 Å². The number of nitrogens with one attached hydrogen (secondary N) is 2. The topological polar surface area (TPSA) is 114 Å². The minimum atomic E-state index is -0.714. The zero-order valence-electron chi connectivity index (χ0n) is 21.7. The zero-order chi connectivity index (χ0) is 26.6. The SMILES string of the molecule is CCc1cc(NC(=O)C(=O)N2CCCC[C@H]2c2ccc3cnccc3c2)cnc1NC(=O)OC(C)(C)C. The molecule has 1 aliphatic heterocycles. The number of benzene rings is 1. The van der Waals surface area contributed by atoms with Crippen LogP contribution in [0.3, 0.4) is 0 Å². The number of nitrogens with zero attached hydrogens (tertiary/aromatic N) is 3. The van der Waals surface area contributed by atoms with Crippen LogP contribution in [0.1, 0.15) is 64.1 Å². The molecule has 4 rings (SSSR count). The van der Waals surface area contributed by atoms with Gasteiger partial charge in [0.15, 0.2) is 0 Å². The molecule has 0 radical (unpaired) electrons. The summed E-state index contributed by atoms with van der Waals surface area (Å²) in [5, 5.41) is 7.41. The van der Waals surface area contributed by atoms with Crippen molar-refractivity contribution in [2.75, 3.05) is 17.2 Å². The minimum absolute atomic E-state index is 0.172. The van der Waals surface area contributed by atoms with Crippen LogP contribution >= 0.6 is 0 Å². The van der Waals surface area contributed by atoms with Crippen molar-refractivity contribution in [2.24, 2.45) is 0 Å². The summed E-state index contributed by atoms with van der Waals surface area (Å²) >= 11 is 0. The Hall–Kier alpha value is -4.01. The lowest BCUT2D eigenvalue weighted by Gasteiger charge is -2.35. The number of amides is 3. The number of aromatic nitrogens is 2. The van der Waals surface area contributed by atoms with Gasteiger partial charge in [0.1, 0.15) is 11.4 Å². The Morgan fingerprint density at radius 3 is 2.62 bits per heavy atom. The summed E-state index contributed by atoms with van der Waals surface area (Å²) in [7, 11) is 0. The van der Waals surface area contributed by atoms with E-state index in [1.807, 2.05) is 31.3 Å². The second-order valence-electron chi connectivity index (χ2n) is 10.2. The third-order valence-electron chi connectivity index (χ3n) is 6.23. The van der Waals surface area contributed by atoms with Crippen LogP contribution in [-0.2, 0) is 20.7 Å². The number of carbonyl (C=O) groups excluding carboxylic acids is 3. The van der Waals surface area contributed by atoms with Gasteiger partial charge in [-0.3, -0.25) is 19.9 Å². The molecule has 2 N–H and O–H groups in total. The Morgan fingerprint density at radius 1 is 1.05 bits per heavy atom. The molecule has 9 nitrogen and oxygen atoms in total. The smallest absolute Gasteiger partial charge is 0.413 e. The monoisotopic (exact) mass is 503 g/mol. The van der Waals surface area contributed by atoms with Crippen molar-refractivity contribution in [3.05, 3.63) is 60.0 Å². The van der Waals surface area contributed by atoms with Gasteiger partial charge in [-0.1, -0.05) is 19.1 Å². The van der Waals surface area contributed by atoms with E-state index in [0.29, 0.717) is 30.0 Å². The molecule has 3 amide bonds. The number of hydrogen-bond acceptors (Lipinski definition) is 6. The van der Waals surface area contributed by atoms with Gasteiger partial charge >= 0.3 is 17.9 Å². The van der Waals surface area contributed by atoms with Gasteiger partial charge < -0.3 is 15.0 Å². The quantitative estimate of drug-likeness (QED) is 0.471. The zero-order valence-corrected chi connectivity index (χ0v) is 21.7. The molecule has 1 atom stereocenters. The molecular weight excluding hydrogens is 470 g/mol. The number of likely N-dealkylation sites (tertiary alicyclic amines) is 1. The number of aryl methyl sites for hydroxylation is 1. The molecule has 1 aromatic carbocycles. The van der Waals surface area contributed by atoms with E-state index in [-0.39, 0.29) is 6.04 Å². The number of rotatable bonds is 4. The molecule has 2 aromatic heterocycles. The fourth-order valence-corrected chi connectivity index (χ4v) is 4.51. The fourth-order valence-electron chi connectivity index (χ4n) is 4.51. The third-order valence-corrected chi connectivity index (χ3v) is 6.23. The van der Waals surface area contributed by atoms with Crippen molar-refractivity contribution in [3.63, 3.8) is 0 Å². The van der Waals surface area contributed by atoms with Crippen molar-refractivity contribution in [1.82, 2.24) is 14.9 Å². The van der Waals surface area contributed by atoms with E-state index in [2.05, 4.69) is 26.7 Å². The van der Waals surface area contributed by atoms with E-state index in [9.17, 15) is 14.4 Å². The third kappa shape index (κ3) is 6.41. The number of ether oxygens (including phenoxy) is 1. The summed E-state index contributed by atoms with van der Waals surface area (Å²) < 4.78 is 5.29. The Morgan fingerprint density at radius 2 is 1.86 bits per heavy atom. The molecule has 1 fully saturated rings. The molecule has 1 aliphatic rings. The number of hydrogen-bond donors (Lipinski definition) is 2. The first kappa shape index (κ1) is 26.1. The van der Waals surface area contributed by atoms with Crippen LogP contribution in [0.15, 0.2) is 48.9 Å². The lowest BCUT2D eigenvalue weighted by molar-refractivity contribution is -0.145. The van der Waals surface area contributed by atoms with Gasteiger partial charge in [-0.25, -0.2) is 9.78 Å². The van der Waals surface area contributed by atoms with Crippen molar-refractivity contribution in [1.29, 1.82) is 0 Å². The molecule has 194 valence electrons. The predicted octanol–water partition coefficient (Wildman–Crippen LogP) is 5.23. The second-order valence-corrected chi connectivity index (χ2v) is 10.2. The highest BCUT2D eigenvalue weighted by atomic mass is 16.6. The van der Waals surface area contributed by atoms with Gasteiger partial charge in [0.2, 0.25) is 0 Å². The van der Waals surface area contributed by atoms with Crippen LogP contribution < -0.4 is 10.6 Å². The van der Waals surface area contributed by atoms with E-state index in [1.54, 1.807) is 37.9 Å². The van der Waals surface area contributed by atoms with E-state index in [1.165, 1.54) is 6.20 Å². The molecule has 37 heavy (non-hydrogen) atoms. The molecule has 3 heterocycles. The summed E-state index contributed by atoms with van der Waals surface area (Å²) in [6.45, 7) is 7.76. The number of anilines is 2. The van der Waals surface area contributed by atoms with Crippen molar-refractivity contribution in [2.45, 2.75) is 65.0 Å². The average molecular weight is 504 g/mol. The highest BCUT2D eigenvalue weighted by molar-refractivity contribution is 6.39. The lowest BCUT2D eigenvalue weighted by atomic mass is 9.93. The molecule has 0 aliphatic carbocycles. The molecule has 0 saturated carbocycles. The first-order chi connectivity index (χ1) is 17.6. The van der Waals surface area contributed by atoms with Crippen LogP contribution in [-0.4, -0.2) is 44.9 Å². The maximum Gasteiger partial charge on any atom is 0.413 e. The average Bonchev–Trinajstić information content (AvgIpc) is 2.87. The lowest BCUT2D eigenvalue weighted by Crippen LogP contribution is -2.44. The first-order valence-electron chi connectivity index (χ1n) is 12.6. The Kier molecular flexibility index (Phi) is 7.71. The van der Waals surface area contributed by atoms with Gasteiger partial charge in [-0.2, -0.15) is 0 Å². The van der Waals surface area contributed by atoms with E-state index >= 15 is 0 Å². The maximum absolute atomic E-state index is 13.3. The Bertz CT molecular complexity index is 1320. The van der Waals surface area contributed by atoms with Gasteiger partial charge in [-0.05, 0) is 81.2 Å². The predicted molar refractivity (Wildman–Crippen MR) is 142 cm³/mol. The number of piperidine rings is 1. The largest absolute Gasteiger partial charge is 0.444 e. The summed E-state index contributed by atoms with van der Waals surface area (Å²) in [5.74, 6) is -0.939. The van der Waals surface area contributed by atoms with Crippen LogP contribution in [0.5, 0.6) is 0 Å². The van der Waals surface area contributed by atoms with Crippen LogP contribution in [0.2, 0.25) is 0 Å². The van der Waals surface area contributed by atoms with Gasteiger partial charge in [0, 0.05) is 24.3 Å². The maximum atomic E-state index is 13.3. The normalized spacial score (nSPS) is 15.8. The van der Waals surface area contributed by atoms with E-state index < -0.39 is 23.5 Å². The highest BCUT2D eigenvalue weighted by Crippen LogP contribution is 2.33. The van der Waals surface area contributed by atoms with Crippen molar-refractivity contribution in [3.8, 4) is 0 Å². The number of fused-ring (bicyclic) bond motifs is 1. The minimum Gasteiger partial charge on any atom is -0.444 e. The fraction of sp³-hybridized carbons (Fsp3) is 0.393. The summed E-state index contributed by atoms with van der Waals surface area (Å²) in [6.07, 6.45) is 7.55. The van der Waals surface area contributed by atoms with Crippen molar-refractivity contribution >= 4 is 40.2 Å². The highest BCUT2D eigenvalue weighted by Gasteiger charge is 2.32. The molecule has 0 spiro atoms. The number of pyridine rings is 2. The molecule has 1 saturated heterocycles. The van der Waals surface area contributed by atoms with Crippen molar-refractivity contribution < 1.29 is 19.1 Å². The molecule has 3 aromatic rings.